The summed E-state index contributed by atoms with van der Waals surface area (Å²) < 4.78 is 2.02. The lowest BCUT2D eigenvalue weighted by atomic mass is 9.94. The van der Waals surface area contributed by atoms with Crippen LogP contribution in [0.4, 0.5) is 5.69 Å². The summed E-state index contributed by atoms with van der Waals surface area (Å²) in [6.07, 6.45) is 9.11. The number of benzene rings is 2. The van der Waals surface area contributed by atoms with Gasteiger partial charge in [0.2, 0.25) is 0 Å². The van der Waals surface area contributed by atoms with Crippen molar-refractivity contribution < 1.29 is 9.90 Å². The third kappa shape index (κ3) is 2.35. The molecule has 1 atom stereocenters. The van der Waals surface area contributed by atoms with Gasteiger partial charge in [0.1, 0.15) is 6.10 Å². The Balaban J connectivity index is 1.54. The summed E-state index contributed by atoms with van der Waals surface area (Å²) >= 11 is 0. The van der Waals surface area contributed by atoms with Crippen molar-refractivity contribution in [2.45, 2.75) is 44.2 Å². The van der Waals surface area contributed by atoms with Crippen LogP contribution in [0.15, 0.2) is 42.7 Å². The van der Waals surface area contributed by atoms with E-state index in [1.807, 2.05) is 41.2 Å². The Labute approximate surface area is 151 Å². The van der Waals surface area contributed by atoms with Gasteiger partial charge < -0.3 is 10.4 Å². The molecule has 5 rings (SSSR count). The average Bonchev–Trinajstić information content (AvgIpc) is 3.29. The Morgan fingerprint density at radius 3 is 2.85 bits per heavy atom. The van der Waals surface area contributed by atoms with Crippen LogP contribution in [-0.4, -0.2) is 20.8 Å². The molecule has 0 bridgehead atoms. The van der Waals surface area contributed by atoms with Gasteiger partial charge in [0.25, 0.3) is 5.91 Å². The van der Waals surface area contributed by atoms with Crippen molar-refractivity contribution in [2.75, 3.05) is 5.32 Å². The second-order valence-electron chi connectivity index (χ2n) is 7.33. The van der Waals surface area contributed by atoms with E-state index < -0.39 is 6.10 Å². The number of nitrogens with zero attached hydrogens (tertiary/aromatic N) is 2. The minimum absolute atomic E-state index is 0.0812. The fourth-order valence-corrected chi connectivity index (χ4v) is 4.37. The summed E-state index contributed by atoms with van der Waals surface area (Å²) in [5.74, 6) is -0.0812. The van der Waals surface area contributed by atoms with Crippen molar-refractivity contribution in [1.29, 1.82) is 0 Å². The lowest BCUT2D eigenvalue weighted by Crippen LogP contribution is -2.13. The summed E-state index contributed by atoms with van der Waals surface area (Å²) in [6.45, 7) is 0. The molecule has 1 aromatic heterocycles. The first-order valence-electron chi connectivity index (χ1n) is 9.31. The number of hydrogen-bond donors (Lipinski definition) is 2. The number of nitrogens with one attached hydrogen (secondary N) is 1. The standard InChI is InChI=1S/C21H21N3O2/c25-20(13-11-22-24(12-13)14-5-2-1-3-6-14)16-9-10-18-19-15(16)7-4-8-17(19)21(26)23-18/h4,7-12,14,20,25H,1-3,5-6H2,(H,23,26). The largest absolute Gasteiger partial charge is 0.384 e. The molecule has 1 fully saturated rings. The topological polar surface area (TPSA) is 67.2 Å². The van der Waals surface area contributed by atoms with E-state index in [0.717, 1.165) is 40.4 Å². The molecule has 5 nitrogen and oxygen atoms in total. The second-order valence-corrected chi connectivity index (χ2v) is 7.33. The van der Waals surface area contributed by atoms with Crippen LogP contribution in [0.1, 0.15) is 65.7 Å². The number of hydrogen-bond acceptors (Lipinski definition) is 3. The fraction of sp³-hybridized carbons (Fsp3) is 0.333. The highest BCUT2D eigenvalue weighted by Crippen LogP contribution is 2.38. The molecule has 2 N–H and O–H groups in total. The van der Waals surface area contributed by atoms with E-state index >= 15 is 0 Å². The van der Waals surface area contributed by atoms with Crippen molar-refractivity contribution in [3.63, 3.8) is 0 Å². The third-order valence-corrected chi connectivity index (χ3v) is 5.75. The predicted octanol–water partition coefficient (Wildman–Crippen LogP) is 4.19. The normalized spacial score (nSPS) is 18.3. The number of aromatic nitrogens is 2. The molecule has 1 aliphatic heterocycles. The molecule has 132 valence electrons. The molecular formula is C21H21N3O2. The summed E-state index contributed by atoms with van der Waals surface area (Å²) in [5.41, 5.74) is 3.10. The van der Waals surface area contributed by atoms with Crippen LogP contribution in [-0.2, 0) is 0 Å². The van der Waals surface area contributed by atoms with Crippen molar-refractivity contribution in [3.05, 3.63) is 59.4 Å². The molecule has 2 aliphatic rings. The van der Waals surface area contributed by atoms with Crippen LogP contribution in [0, 0.1) is 0 Å². The Morgan fingerprint density at radius 2 is 2.00 bits per heavy atom. The average molecular weight is 347 g/mol. The lowest BCUT2D eigenvalue weighted by molar-refractivity contribution is 0.103. The minimum Gasteiger partial charge on any atom is -0.384 e. The van der Waals surface area contributed by atoms with Crippen LogP contribution >= 0.6 is 0 Å². The van der Waals surface area contributed by atoms with Gasteiger partial charge in [-0.15, -0.1) is 0 Å². The first-order valence-corrected chi connectivity index (χ1v) is 9.31. The zero-order chi connectivity index (χ0) is 17.7. The molecule has 1 amide bonds. The van der Waals surface area contributed by atoms with Crippen molar-refractivity contribution >= 4 is 22.4 Å². The van der Waals surface area contributed by atoms with Crippen LogP contribution < -0.4 is 5.32 Å². The number of anilines is 1. The maximum absolute atomic E-state index is 12.1. The van der Waals surface area contributed by atoms with E-state index in [0.29, 0.717) is 11.6 Å². The van der Waals surface area contributed by atoms with E-state index in [-0.39, 0.29) is 5.91 Å². The Morgan fingerprint density at radius 1 is 1.15 bits per heavy atom. The molecule has 5 heteroatoms. The monoisotopic (exact) mass is 347 g/mol. The number of rotatable bonds is 3. The zero-order valence-electron chi connectivity index (χ0n) is 14.5. The van der Waals surface area contributed by atoms with Gasteiger partial charge in [0, 0.05) is 28.4 Å². The minimum atomic E-state index is -0.757. The van der Waals surface area contributed by atoms with E-state index in [9.17, 15) is 9.90 Å². The van der Waals surface area contributed by atoms with E-state index in [1.165, 1.54) is 19.3 Å². The summed E-state index contributed by atoms with van der Waals surface area (Å²) in [6, 6.07) is 9.88. The maximum Gasteiger partial charge on any atom is 0.256 e. The van der Waals surface area contributed by atoms with Crippen LogP contribution in [0.2, 0.25) is 0 Å². The number of aliphatic hydroxyl groups excluding tert-OH is 1. The Hall–Kier alpha value is -2.66. The van der Waals surface area contributed by atoms with Crippen LogP contribution in [0.25, 0.3) is 10.8 Å². The molecule has 0 spiro atoms. The van der Waals surface area contributed by atoms with Gasteiger partial charge in [-0.1, -0.05) is 37.5 Å². The van der Waals surface area contributed by atoms with Crippen LogP contribution in [0.3, 0.4) is 0 Å². The predicted molar refractivity (Wildman–Crippen MR) is 100 cm³/mol. The SMILES string of the molecule is O=C1Nc2ccc(C(O)c3cnn(C4CCCCC4)c3)c3cccc1c23. The van der Waals surface area contributed by atoms with Crippen LogP contribution in [0.5, 0.6) is 0 Å². The highest BCUT2D eigenvalue weighted by Gasteiger charge is 2.25. The molecule has 2 heterocycles. The second kappa shape index (κ2) is 5.95. The Kier molecular flexibility index (Phi) is 3.57. The van der Waals surface area contributed by atoms with Gasteiger partial charge in [-0.3, -0.25) is 9.48 Å². The summed E-state index contributed by atoms with van der Waals surface area (Å²) in [4.78, 5) is 12.1. The molecule has 2 aromatic carbocycles. The first kappa shape index (κ1) is 15.6. The van der Waals surface area contributed by atoms with Gasteiger partial charge in [0.15, 0.2) is 0 Å². The molecule has 0 radical (unpaired) electrons. The number of aliphatic hydroxyl groups is 1. The van der Waals surface area contributed by atoms with E-state index in [1.54, 1.807) is 6.20 Å². The molecule has 3 aromatic rings. The van der Waals surface area contributed by atoms with Gasteiger partial charge in [-0.05, 0) is 35.9 Å². The molecule has 26 heavy (non-hydrogen) atoms. The first-order chi connectivity index (χ1) is 12.7. The summed E-state index contributed by atoms with van der Waals surface area (Å²) in [5, 5.41) is 20.2. The van der Waals surface area contributed by atoms with Crippen molar-refractivity contribution in [3.8, 4) is 0 Å². The lowest BCUT2D eigenvalue weighted by Gasteiger charge is -2.21. The van der Waals surface area contributed by atoms with Gasteiger partial charge in [-0.2, -0.15) is 5.10 Å². The van der Waals surface area contributed by atoms with Crippen molar-refractivity contribution in [2.24, 2.45) is 0 Å². The smallest absolute Gasteiger partial charge is 0.256 e. The maximum atomic E-state index is 12.1. The van der Waals surface area contributed by atoms with Crippen molar-refractivity contribution in [1.82, 2.24) is 9.78 Å². The summed E-state index contributed by atoms with van der Waals surface area (Å²) in [7, 11) is 0. The van der Waals surface area contributed by atoms with Gasteiger partial charge in [-0.25, -0.2) is 0 Å². The quantitative estimate of drug-likeness (QED) is 0.746. The highest BCUT2D eigenvalue weighted by atomic mass is 16.3. The molecule has 1 saturated carbocycles. The molecule has 0 saturated heterocycles. The fourth-order valence-electron chi connectivity index (χ4n) is 4.37. The third-order valence-electron chi connectivity index (χ3n) is 5.75. The van der Waals surface area contributed by atoms with E-state index in [4.69, 9.17) is 0 Å². The molecule has 1 aliphatic carbocycles. The van der Waals surface area contributed by atoms with Gasteiger partial charge >= 0.3 is 0 Å². The number of amides is 1. The Bertz CT molecular complexity index is 1000. The molecule has 1 unspecified atom stereocenters. The molecular weight excluding hydrogens is 326 g/mol. The zero-order valence-corrected chi connectivity index (χ0v) is 14.5. The van der Waals surface area contributed by atoms with E-state index in [2.05, 4.69) is 10.4 Å². The number of carbonyl (C=O) groups excluding carboxylic acids is 1. The van der Waals surface area contributed by atoms with Gasteiger partial charge in [0.05, 0.1) is 12.2 Å². The highest BCUT2D eigenvalue weighted by molar-refractivity contribution is 6.24. The number of carbonyl (C=O) groups is 1.